The molecule has 0 radical (unpaired) electrons. The van der Waals surface area contributed by atoms with E-state index in [9.17, 15) is 0 Å². The molecule has 12 heavy (non-hydrogen) atoms. The Morgan fingerprint density at radius 2 is 2.00 bits per heavy atom. The molecule has 0 amide bonds. The van der Waals surface area contributed by atoms with Gasteiger partial charge in [-0.3, -0.25) is 0 Å². The number of aryl methyl sites for hydroxylation is 1. The highest BCUT2D eigenvalue weighted by atomic mass is 79.9. The first kappa shape index (κ1) is 11.6. The zero-order valence-electron chi connectivity index (χ0n) is 6.93. The van der Waals surface area contributed by atoms with Crippen molar-refractivity contribution in [2.24, 2.45) is 0 Å². The van der Waals surface area contributed by atoms with Crippen molar-refractivity contribution in [3.63, 3.8) is 0 Å². The number of hydrogen-bond acceptors (Lipinski definition) is 2. The molecule has 0 heterocycles. The van der Waals surface area contributed by atoms with Crippen LogP contribution in [0.3, 0.4) is 0 Å². The van der Waals surface area contributed by atoms with Gasteiger partial charge in [0.05, 0.1) is 17.3 Å². The van der Waals surface area contributed by atoms with E-state index in [2.05, 4.69) is 15.9 Å². The van der Waals surface area contributed by atoms with Crippen LogP contribution in [0, 0.1) is 6.92 Å². The lowest BCUT2D eigenvalue weighted by Gasteiger charge is -2.07. The topological polar surface area (TPSA) is 35.2 Å². The minimum absolute atomic E-state index is 0. The number of nitrogen functional groups attached to an aromatic ring is 1. The third-order valence-corrected chi connectivity index (χ3v) is 2.01. The number of anilines is 1. The molecule has 0 aliphatic rings. The van der Waals surface area contributed by atoms with Gasteiger partial charge in [0.2, 0.25) is 0 Å². The predicted octanol–water partition coefficient (Wildman–Crippen LogP) is 2.77. The van der Waals surface area contributed by atoms with Crippen molar-refractivity contribution in [2.45, 2.75) is 6.92 Å². The van der Waals surface area contributed by atoms with Crippen molar-refractivity contribution in [3.05, 3.63) is 22.2 Å². The molecule has 0 bridgehead atoms. The summed E-state index contributed by atoms with van der Waals surface area (Å²) >= 11 is 3.35. The quantitative estimate of drug-likeness (QED) is 0.780. The molecule has 2 nitrogen and oxygen atoms in total. The smallest absolute Gasteiger partial charge is 0.155 e. The Hall–Kier alpha value is -0.410. The molecule has 1 aromatic rings. The second-order valence-corrected chi connectivity index (χ2v) is 3.22. The molecule has 0 unspecified atom stereocenters. The summed E-state index contributed by atoms with van der Waals surface area (Å²) in [5, 5.41) is 0. The van der Waals surface area contributed by atoms with E-state index in [0.29, 0.717) is 11.4 Å². The van der Waals surface area contributed by atoms with Crippen LogP contribution in [-0.4, -0.2) is 7.11 Å². The van der Waals surface area contributed by atoms with Gasteiger partial charge in [-0.1, -0.05) is 0 Å². The molecule has 0 aliphatic carbocycles. The maximum absolute atomic E-state index is 5.68. The average Bonchev–Trinajstić information content (AvgIpc) is 1.85. The number of methoxy groups -OCH3 is 1. The van der Waals surface area contributed by atoms with Gasteiger partial charge in [0.25, 0.3) is 0 Å². The average molecular weight is 253 g/mol. The number of benzene rings is 1. The summed E-state index contributed by atoms with van der Waals surface area (Å²) in [6, 6.07) is 3.85. The number of ether oxygens (including phenoxy) is 1. The lowest BCUT2D eigenvalue weighted by molar-refractivity contribution is 0.414. The Kier molecular flexibility index (Phi) is 4.42. The second-order valence-electron chi connectivity index (χ2n) is 2.37. The van der Waals surface area contributed by atoms with Crippen LogP contribution >= 0.6 is 28.3 Å². The van der Waals surface area contributed by atoms with E-state index in [-0.39, 0.29) is 12.4 Å². The summed E-state index contributed by atoms with van der Waals surface area (Å²) < 4.78 is 5.96. The molecule has 0 atom stereocenters. The largest absolute Gasteiger partial charge is 0.493 e. The van der Waals surface area contributed by atoms with E-state index in [1.54, 1.807) is 7.11 Å². The Morgan fingerprint density at radius 3 is 2.42 bits per heavy atom. The van der Waals surface area contributed by atoms with Gasteiger partial charge in [-0.05, 0) is 40.5 Å². The van der Waals surface area contributed by atoms with E-state index in [1.165, 1.54) is 0 Å². The Morgan fingerprint density at radius 1 is 1.42 bits per heavy atom. The number of rotatable bonds is 1. The molecular formula is C8H11BrClNO. The summed E-state index contributed by atoms with van der Waals surface area (Å²) in [6.45, 7) is 1.99. The molecule has 0 saturated carbocycles. The normalized spacial score (nSPS) is 8.92. The van der Waals surface area contributed by atoms with E-state index < -0.39 is 0 Å². The summed E-state index contributed by atoms with van der Waals surface area (Å²) in [7, 11) is 1.60. The Bertz CT molecular complexity index is 255. The van der Waals surface area contributed by atoms with E-state index in [0.717, 1.165) is 10.0 Å². The van der Waals surface area contributed by atoms with E-state index in [1.807, 2.05) is 19.1 Å². The van der Waals surface area contributed by atoms with Gasteiger partial charge < -0.3 is 10.5 Å². The fraction of sp³-hybridized carbons (Fsp3) is 0.250. The second kappa shape index (κ2) is 4.58. The van der Waals surface area contributed by atoms with Crippen LogP contribution in [0.1, 0.15) is 5.56 Å². The van der Waals surface area contributed by atoms with Gasteiger partial charge in [0.15, 0.2) is 5.75 Å². The van der Waals surface area contributed by atoms with Gasteiger partial charge in [-0.15, -0.1) is 12.4 Å². The van der Waals surface area contributed by atoms with Crippen LogP contribution < -0.4 is 10.5 Å². The molecular weight excluding hydrogens is 241 g/mol. The van der Waals surface area contributed by atoms with Crippen LogP contribution in [0.15, 0.2) is 16.6 Å². The van der Waals surface area contributed by atoms with Gasteiger partial charge >= 0.3 is 0 Å². The highest BCUT2D eigenvalue weighted by Gasteiger charge is 2.03. The first-order chi connectivity index (χ1) is 5.15. The molecule has 1 aromatic carbocycles. The monoisotopic (exact) mass is 251 g/mol. The molecule has 0 aliphatic heterocycles. The van der Waals surface area contributed by atoms with Crippen molar-refractivity contribution in [3.8, 4) is 5.75 Å². The van der Waals surface area contributed by atoms with Crippen LogP contribution in [0.2, 0.25) is 0 Å². The van der Waals surface area contributed by atoms with Crippen LogP contribution in [0.5, 0.6) is 5.75 Å². The van der Waals surface area contributed by atoms with Crippen molar-refractivity contribution >= 4 is 34.0 Å². The maximum atomic E-state index is 5.68. The summed E-state index contributed by atoms with van der Waals surface area (Å²) in [6.07, 6.45) is 0. The molecule has 4 heteroatoms. The van der Waals surface area contributed by atoms with Crippen molar-refractivity contribution in [1.29, 1.82) is 0 Å². The molecule has 0 fully saturated rings. The van der Waals surface area contributed by atoms with Gasteiger partial charge in [0.1, 0.15) is 0 Å². The minimum atomic E-state index is 0. The fourth-order valence-electron chi connectivity index (χ4n) is 0.971. The van der Waals surface area contributed by atoms with Crippen molar-refractivity contribution in [1.82, 2.24) is 0 Å². The van der Waals surface area contributed by atoms with Gasteiger partial charge in [-0.25, -0.2) is 0 Å². The molecule has 2 N–H and O–H groups in total. The molecule has 1 rings (SSSR count). The molecule has 68 valence electrons. The first-order valence-electron chi connectivity index (χ1n) is 3.24. The summed E-state index contributed by atoms with van der Waals surface area (Å²) in [5.74, 6) is 0.704. The molecule has 0 saturated heterocycles. The van der Waals surface area contributed by atoms with Gasteiger partial charge in [0, 0.05) is 0 Å². The third-order valence-electron chi connectivity index (χ3n) is 1.42. The standard InChI is InChI=1S/C8H10BrNO.ClH/c1-5-3-6(9)8(11-2)7(10)4-5;/h3-4H,10H2,1-2H3;1H. The molecule has 0 aromatic heterocycles. The zero-order valence-corrected chi connectivity index (χ0v) is 9.33. The lowest BCUT2D eigenvalue weighted by atomic mass is 10.2. The Labute approximate surface area is 86.6 Å². The van der Waals surface area contributed by atoms with E-state index in [4.69, 9.17) is 10.5 Å². The maximum Gasteiger partial charge on any atom is 0.155 e. The summed E-state index contributed by atoms with van der Waals surface area (Å²) in [4.78, 5) is 0. The number of hydrogen-bond donors (Lipinski definition) is 1. The van der Waals surface area contributed by atoms with E-state index >= 15 is 0 Å². The highest BCUT2D eigenvalue weighted by Crippen LogP contribution is 2.31. The lowest BCUT2D eigenvalue weighted by Crippen LogP contribution is -1.93. The highest BCUT2D eigenvalue weighted by molar-refractivity contribution is 9.10. The SMILES string of the molecule is COc1c(N)cc(C)cc1Br.Cl. The van der Waals surface area contributed by atoms with Crippen molar-refractivity contribution < 1.29 is 4.74 Å². The predicted molar refractivity (Wildman–Crippen MR) is 57.1 cm³/mol. The Balaban J connectivity index is 0.00000121. The number of halogens is 2. The fourth-order valence-corrected chi connectivity index (χ4v) is 1.72. The van der Waals surface area contributed by atoms with Gasteiger partial charge in [-0.2, -0.15) is 0 Å². The summed E-state index contributed by atoms with van der Waals surface area (Å²) in [5.41, 5.74) is 7.46. The third kappa shape index (κ3) is 2.29. The van der Waals surface area contributed by atoms with Crippen LogP contribution in [0.4, 0.5) is 5.69 Å². The van der Waals surface area contributed by atoms with Crippen molar-refractivity contribution in [2.75, 3.05) is 12.8 Å². The minimum Gasteiger partial charge on any atom is -0.493 e. The number of nitrogens with two attached hydrogens (primary N) is 1. The first-order valence-corrected chi connectivity index (χ1v) is 4.04. The zero-order chi connectivity index (χ0) is 8.43. The van der Waals surface area contributed by atoms with Crippen LogP contribution in [0.25, 0.3) is 0 Å². The van der Waals surface area contributed by atoms with Crippen LogP contribution in [-0.2, 0) is 0 Å². The molecule has 0 spiro atoms.